The van der Waals surface area contributed by atoms with Crippen LogP contribution in [0, 0.1) is 52.3 Å². The van der Waals surface area contributed by atoms with Gasteiger partial charge in [-0.15, -0.1) is 0 Å². The van der Waals surface area contributed by atoms with Gasteiger partial charge in [0.2, 0.25) is 0 Å². The van der Waals surface area contributed by atoms with Gasteiger partial charge in [0.05, 0.1) is 18.3 Å². The Kier molecular flexibility index (Phi) is 6.47. The minimum absolute atomic E-state index is 0.113. The molecule has 0 bridgehead atoms. The highest BCUT2D eigenvalue weighted by Gasteiger charge is 2.59. The highest BCUT2D eigenvalue weighted by atomic mass is 16.3. The van der Waals surface area contributed by atoms with E-state index in [0.29, 0.717) is 11.8 Å². The molecule has 0 amide bonds. The van der Waals surface area contributed by atoms with Crippen molar-refractivity contribution in [2.45, 2.75) is 111 Å². The van der Waals surface area contributed by atoms with Gasteiger partial charge in [0.15, 0.2) is 0 Å². The number of fused-ring (bicyclic) bond motifs is 5. The lowest BCUT2D eigenvalue weighted by molar-refractivity contribution is -0.0967. The molecule has 3 N–H and O–H groups in total. The maximum absolute atomic E-state index is 11.1. The molecule has 0 saturated heterocycles. The molecule has 3 saturated carbocycles. The van der Waals surface area contributed by atoms with Gasteiger partial charge in [0.1, 0.15) is 0 Å². The third-order valence-electron chi connectivity index (χ3n) is 11.3. The summed E-state index contributed by atoms with van der Waals surface area (Å²) in [7, 11) is 0. The van der Waals surface area contributed by atoms with Gasteiger partial charge in [-0.2, -0.15) is 0 Å². The summed E-state index contributed by atoms with van der Waals surface area (Å²) >= 11 is 0. The quantitative estimate of drug-likeness (QED) is 0.497. The summed E-state index contributed by atoms with van der Waals surface area (Å²) in [5, 5.41) is 32.2. The van der Waals surface area contributed by atoms with E-state index in [-0.39, 0.29) is 28.8 Å². The Balaban J connectivity index is 1.53. The van der Waals surface area contributed by atoms with E-state index in [0.717, 1.165) is 37.0 Å². The topological polar surface area (TPSA) is 60.7 Å². The fourth-order valence-electron chi connectivity index (χ4n) is 8.80. The van der Waals surface area contributed by atoms with E-state index in [2.05, 4.69) is 47.6 Å². The van der Waals surface area contributed by atoms with Crippen LogP contribution in [0.5, 0.6) is 0 Å². The van der Waals surface area contributed by atoms with Crippen LogP contribution >= 0.6 is 0 Å². The molecule has 4 rings (SSSR count). The predicted octanol–water partition coefficient (Wildman–Crippen LogP) is 5.58. The second kappa shape index (κ2) is 8.44. The van der Waals surface area contributed by atoms with Crippen LogP contribution in [0.25, 0.3) is 0 Å². The molecule has 11 unspecified atom stereocenters. The Morgan fingerprint density at radius 2 is 1.61 bits per heavy atom. The van der Waals surface area contributed by atoms with Crippen molar-refractivity contribution >= 4 is 0 Å². The number of allylic oxidation sites excluding steroid dienone is 1. The minimum atomic E-state index is -0.637. The van der Waals surface area contributed by atoms with Crippen LogP contribution in [-0.4, -0.2) is 33.6 Å². The molecular formula is C28H48O3. The number of hydrogen-bond acceptors (Lipinski definition) is 3. The molecule has 4 aliphatic carbocycles. The first kappa shape index (κ1) is 23.8. The second-order valence-corrected chi connectivity index (χ2v) is 12.8. The van der Waals surface area contributed by atoms with Crippen molar-refractivity contribution in [1.82, 2.24) is 0 Å². The third kappa shape index (κ3) is 3.75. The molecule has 0 heterocycles. The molecule has 3 heteroatoms. The summed E-state index contributed by atoms with van der Waals surface area (Å²) in [6.45, 7) is 13.5. The van der Waals surface area contributed by atoms with Crippen molar-refractivity contribution < 1.29 is 15.3 Å². The molecule has 0 aliphatic heterocycles. The first-order chi connectivity index (χ1) is 14.5. The molecule has 0 aromatic heterocycles. The van der Waals surface area contributed by atoms with Crippen LogP contribution in [0.2, 0.25) is 0 Å². The molecule has 0 spiro atoms. The van der Waals surface area contributed by atoms with Crippen molar-refractivity contribution in [2.75, 3.05) is 0 Å². The number of aliphatic hydroxyl groups is 3. The molecular weight excluding hydrogens is 384 g/mol. The Morgan fingerprint density at radius 1 is 0.903 bits per heavy atom. The van der Waals surface area contributed by atoms with Crippen LogP contribution < -0.4 is 0 Å². The van der Waals surface area contributed by atoms with Gasteiger partial charge in [0, 0.05) is 0 Å². The maximum atomic E-state index is 11.1. The van der Waals surface area contributed by atoms with Crippen molar-refractivity contribution in [3.05, 3.63) is 11.6 Å². The lowest BCUT2D eigenvalue weighted by atomic mass is 9.47. The zero-order valence-corrected chi connectivity index (χ0v) is 20.8. The standard InChI is InChI=1S/C28H48O3/c1-16(2)17(3)25(30)26(31)18(4)22-9-10-23-21-8-7-19-15-20(29)11-13-27(19,5)24(21)12-14-28(22,23)6/h7,16-18,20-26,29-31H,8-15H2,1-6H3. The highest BCUT2D eigenvalue weighted by molar-refractivity contribution is 5.25. The molecule has 0 aromatic rings. The van der Waals surface area contributed by atoms with E-state index in [1.807, 2.05) is 0 Å². The SMILES string of the molecule is CC(C)C(C)C(O)C(O)C(C)C1CCC2C3CC=C4CC(O)CCC4(C)C3CCC12C. The van der Waals surface area contributed by atoms with Gasteiger partial charge in [-0.05, 0) is 104 Å². The number of aliphatic hydroxyl groups excluding tert-OH is 3. The van der Waals surface area contributed by atoms with E-state index in [1.54, 1.807) is 5.57 Å². The lowest BCUT2D eigenvalue weighted by Gasteiger charge is -2.58. The summed E-state index contributed by atoms with van der Waals surface area (Å²) in [4.78, 5) is 0. The molecule has 4 aliphatic rings. The van der Waals surface area contributed by atoms with E-state index in [9.17, 15) is 15.3 Å². The predicted molar refractivity (Wildman–Crippen MR) is 126 cm³/mol. The zero-order valence-electron chi connectivity index (χ0n) is 20.8. The summed E-state index contributed by atoms with van der Waals surface area (Å²) in [5.41, 5.74) is 2.11. The van der Waals surface area contributed by atoms with Crippen molar-refractivity contribution in [3.63, 3.8) is 0 Å². The average Bonchev–Trinajstić information content (AvgIpc) is 3.09. The average molecular weight is 433 g/mol. The van der Waals surface area contributed by atoms with Gasteiger partial charge >= 0.3 is 0 Å². The lowest BCUT2D eigenvalue weighted by Crippen LogP contribution is -2.52. The van der Waals surface area contributed by atoms with Crippen LogP contribution in [0.1, 0.15) is 92.9 Å². The fraction of sp³-hybridized carbons (Fsp3) is 0.929. The summed E-state index contributed by atoms with van der Waals surface area (Å²) < 4.78 is 0. The summed E-state index contributed by atoms with van der Waals surface area (Å²) in [6, 6.07) is 0. The minimum Gasteiger partial charge on any atom is -0.393 e. The Morgan fingerprint density at radius 3 is 2.29 bits per heavy atom. The monoisotopic (exact) mass is 432 g/mol. The third-order valence-corrected chi connectivity index (χ3v) is 11.3. The van der Waals surface area contributed by atoms with Crippen molar-refractivity contribution in [1.29, 1.82) is 0 Å². The van der Waals surface area contributed by atoms with Gasteiger partial charge in [-0.1, -0.05) is 53.2 Å². The molecule has 0 radical (unpaired) electrons. The zero-order chi connectivity index (χ0) is 22.7. The Bertz CT molecular complexity index is 686. The van der Waals surface area contributed by atoms with Gasteiger partial charge in [-0.3, -0.25) is 0 Å². The van der Waals surface area contributed by atoms with Gasteiger partial charge in [0.25, 0.3) is 0 Å². The van der Waals surface area contributed by atoms with E-state index in [1.165, 1.54) is 32.1 Å². The van der Waals surface area contributed by atoms with Crippen LogP contribution in [0.4, 0.5) is 0 Å². The molecule has 3 nitrogen and oxygen atoms in total. The number of rotatable bonds is 5. The molecule has 31 heavy (non-hydrogen) atoms. The first-order valence-corrected chi connectivity index (χ1v) is 13.2. The summed E-state index contributed by atoms with van der Waals surface area (Å²) in [5.74, 6) is 3.35. The summed E-state index contributed by atoms with van der Waals surface area (Å²) in [6.07, 6.45) is 10.3. The normalized spacial score (nSPS) is 46.4. The first-order valence-electron chi connectivity index (χ1n) is 13.2. The van der Waals surface area contributed by atoms with Crippen LogP contribution in [0.3, 0.4) is 0 Å². The smallest absolute Gasteiger partial charge is 0.0830 e. The maximum Gasteiger partial charge on any atom is 0.0830 e. The van der Waals surface area contributed by atoms with E-state index >= 15 is 0 Å². The number of hydrogen-bond donors (Lipinski definition) is 3. The Hall–Kier alpha value is -0.380. The van der Waals surface area contributed by atoms with E-state index in [4.69, 9.17) is 0 Å². The second-order valence-electron chi connectivity index (χ2n) is 12.8. The van der Waals surface area contributed by atoms with Gasteiger partial charge < -0.3 is 15.3 Å². The van der Waals surface area contributed by atoms with Crippen molar-refractivity contribution in [2.24, 2.45) is 52.3 Å². The molecule has 0 aromatic carbocycles. The Labute approximate surface area is 190 Å². The highest BCUT2D eigenvalue weighted by Crippen LogP contribution is 2.67. The van der Waals surface area contributed by atoms with E-state index < -0.39 is 12.2 Å². The molecule has 178 valence electrons. The molecule has 3 fully saturated rings. The fourth-order valence-corrected chi connectivity index (χ4v) is 8.80. The van der Waals surface area contributed by atoms with Crippen molar-refractivity contribution in [3.8, 4) is 0 Å². The van der Waals surface area contributed by atoms with Crippen LogP contribution in [-0.2, 0) is 0 Å². The largest absolute Gasteiger partial charge is 0.393 e. The van der Waals surface area contributed by atoms with Gasteiger partial charge in [-0.25, -0.2) is 0 Å². The van der Waals surface area contributed by atoms with Crippen LogP contribution in [0.15, 0.2) is 11.6 Å². The molecule has 11 atom stereocenters.